The molecule has 1 amide bonds. The van der Waals surface area contributed by atoms with Crippen molar-refractivity contribution in [2.45, 2.75) is 25.2 Å². The zero-order valence-electron chi connectivity index (χ0n) is 10.7. The molecule has 0 aliphatic rings. The molecule has 1 aromatic carbocycles. The standard InChI is InChI=1S/C12H15Cl2NO3S/c1-3-8-15(4-2)12(16)11-9(13)6-5-7-10(11)19(14,17)18/h5-7H,3-4,8H2,1-2H3. The Morgan fingerprint density at radius 3 is 2.42 bits per heavy atom. The van der Waals surface area contributed by atoms with Crippen LogP contribution in [0.25, 0.3) is 0 Å². The molecule has 7 heteroatoms. The number of benzene rings is 1. The van der Waals surface area contributed by atoms with Gasteiger partial charge < -0.3 is 4.90 Å². The monoisotopic (exact) mass is 323 g/mol. The molecule has 0 aliphatic carbocycles. The number of rotatable bonds is 5. The highest BCUT2D eigenvalue weighted by molar-refractivity contribution is 8.13. The van der Waals surface area contributed by atoms with E-state index >= 15 is 0 Å². The van der Waals surface area contributed by atoms with Gasteiger partial charge in [0.05, 0.1) is 15.5 Å². The summed E-state index contributed by atoms with van der Waals surface area (Å²) in [7, 11) is 1.33. The summed E-state index contributed by atoms with van der Waals surface area (Å²) in [4.78, 5) is 13.7. The minimum Gasteiger partial charge on any atom is -0.339 e. The van der Waals surface area contributed by atoms with E-state index in [0.717, 1.165) is 6.42 Å². The van der Waals surface area contributed by atoms with Crippen molar-refractivity contribution in [2.24, 2.45) is 0 Å². The van der Waals surface area contributed by atoms with Crippen molar-refractivity contribution in [3.05, 3.63) is 28.8 Å². The third-order valence-corrected chi connectivity index (χ3v) is 4.29. The van der Waals surface area contributed by atoms with Crippen molar-refractivity contribution in [3.8, 4) is 0 Å². The number of carbonyl (C=O) groups is 1. The van der Waals surface area contributed by atoms with E-state index in [1.807, 2.05) is 13.8 Å². The van der Waals surface area contributed by atoms with Gasteiger partial charge in [0.2, 0.25) is 0 Å². The van der Waals surface area contributed by atoms with Gasteiger partial charge >= 0.3 is 0 Å². The fraction of sp³-hybridized carbons (Fsp3) is 0.417. The molecule has 0 atom stereocenters. The second kappa shape index (κ2) is 6.59. The normalized spacial score (nSPS) is 11.4. The van der Waals surface area contributed by atoms with Gasteiger partial charge in [-0.2, -0.15) is 0 Å². The predicted molar refractivity (Wildman–Crippen MR) is 76.4 cm³/mol. The molecule has 0 heterocycles. The highest BCUT2D eigenvalue weighted by atomic mass is 35.7. The largest absolute Gasteiger partial charge is 0.339 e. The zero-order chi connectivity index (χ0) is 14.6. The molecular weight excluding hydrogens is 309 g/mol. The summed E-state index contributed by atoms with van der Waals surface area (Å²) in [6, 6.07) is 4.20. The van der Waals surface area contributed by atoms with Gasteiger partial charge in [0, 0.05) is 23.8 Å². The first-order valence-electron chi connectivity index (χ1n) is 5.85. The van der Waals surface area contributed by atoms with Gasteiger partial charge in [-0.15, -0.1) is 0 Å². The van der Waals surface area contributed by atoms with Crippen molar-refractivity contribution in [1.82, 2.24) is 4.90 Å². The highest BCUT2D eigenvalue weighted by Gasteiger charge is 2.25. The molecule has 1 aromatic rings. The third kappa shape index (κ3) is 3.84. The summed E-state index contributed by atoms with van der Waals surface area (Å²) >= 11 is 5.96. The Balaban J connectivity index is 3.37. The van der Waals surface area contributed by atoms with Gasteiger partial charge in [0.15, 0.2) is 0 Å². The van der Waals surface area contributed by atoms with Crippen LogP contribution in [0.15, 0.2) is 23.1 Å². The fourth-order valence-corrected chi connectivity index (χ4v) is 3.13. The van der Waals surface area contributed by atoms with Gasteiger partial charge in [-0.05, 0) is 25.5 Å². The molecule has 0 bridgehead atoms. The molecule has 0 radical (unpaired) electrons. The van der Waals surface area contributed by atoms with Gasteiger partial charge in [0.25, 0.3) is 15.0 Å². The van der Waals surface area contributed by atoms with E-state index in [0.29, 0.717) is 13.1 Å². The molecule has 0 saturated heterocycles. The van der Waals surface area contributed by atoms with Crippen LogP contribution in [-0.4, -0.2) is 32.3 Å². The maximum atomic E-state index is 12.4. The summed E-state index contributed by atoms with van der Waals surface area (Å²) in [5, 5.41) is 0.0845. The molecule has 0 spiro atoms. The molecule has 0 fully saturated rings. The third-order valence-electron chi connectivity index (χ3n) is 2.61. The minimum atomic E-state index is -4.02. The number of nitrogens with zero attached hydrogens (tertiary/aromatic N) is 1. The summed E-state index contributed by atoms with van der Waals surface area (Å²) in [5.41, 5.74) is -0.0607. The summed E-state index contributed by atoms with van der Waals surface area (Å²) in [6.45, 7) is 4.75. The SMILES string of the molecule is CCCN(CC)C(=O)c1c(Cl)cccc1S(=O)(=O)Cl. The van der Waals surface area contributed by atoms with Crippen LogP contribution >= 0.6 is 22.3 Å². The van der Waals surface area contributed by atoms with Crippen molar-refractivity contribution < 1.29 is 13.2 Å². The van der Waals surface area contributed by atoms with E-state index in [2.05, 4.69) is 0 Å². The lowest BCUT2D eigenvalue weighted by molar-refractivity contribution is 0.0761. The highest BCUT2D eigenvalue weighted by Crippen LogP contribution is 2.27. The number of halogens is 2. The molecule has 4 nitrogen and oxygen atoms in total. The lowest BCUT2D eigenvalue weighted by Crippen LogP contribution is -2.32. The Hall–Kier alpha value is -0.780. The quantitative estimate of drug-likeness (QED) is 0.782. The topological polar surface area (TPSA) is 54.5 Å². The van der Waals surface area contributed by atoms with Crippen molar-refractivity contribution in [3.63, 3.8) is 0 Å². The molecule has 0 saturated carbocycles. The molecule has 19 heavy (non-hydrogen) atoms. The first-order chi connectivity index (χ1) is 8.82. The molecule has 106 valence electrons. The summed E-state index contributed by atoms with van der Waals surface area (Å²) < 4.78 is 23.0. The average molecular weight is 324 g/mol. The van der Waals surface area contributed by atoms with E-state index in [-0.39, 0.29) is 15.5 Å². The zero-order valence-corrected chi connectivity index (χ0v) is 13.0. The van der Waals surface area contributed by atoms with E-state index in [9.17, 15) is 13.2 Å². The van der Waals surface area contributed by atoms with Crippen LogP contribution in [0.3, 0.4) is 0 Å². The smallest absolute Gasteiger partial charge is 0.262 e. The van der Waals surface area contributed by atoms with Crippen LogP contribution in [0.5, 0.6) is 0 Å². The van der Waals surface area contributed by atoms with Crippen molar-refractivity contribution in [2.75, 3.05) is 13.1 Å². The average Bonchev–Trinajstić information content (AvgIpc) is 2.33. The predicted octanol–water partition coefficient (Wildman–Crippen LogP) is 3.14. The van der Waals surface area contributed by atoms with Crippen LogP contribution in [0.2, 0.25) is 5.02 Å². The van der Waals surface area contributed by atoms with E-state index in [1.54, 1.807) is 0 Å². The Labute approximate surface area is 122 Å². The van der Waals surface area contributed by atoms with Crippen LogP contribution in [-0.2, 0) is 9.05 Å². The summed E-state index contributed by atoms with van der Waals surface area (Å²) in [5.74, 6) is -0.422. The van der Waals surface area contributed by atoms with Crippen molar-refractivity contribution >= 4 is 37.2 Å². The van der Waals surface area contributed by atoms with Crippen LogP contribution in [0, 0.1) is 0 Å². The van der Waals surface area contributed by atoms with E-state index in [1.165, 1.54) is 23.1 Å². The van der Waals surface area contributed by atoms with Crippen LogP contribution in [0.4, 0.5) is 0 Å². The van der Waals surface area contributed by atoms with Gasteiger partial charge in [0.1, 0.15) is 0 Å². The summed E-state index contributed by atoms with van der Waals surface area (Å²) in [6.07, 6.45) is 0.771. The van der Waals surface area contributed by atoms with E-state index in [4.69, 9.17) is 22.3 Å². The number of amides is 1. The maximum absolute atomic E-state index is 12.4. The Bertz CT molecular complexity index is 572. The molecule has 0 aromatic heterocycles. The number of hydrogen-bond donors (Lipinski definition) is 0. The first-order valence-corrected chi connectivity index (χ1v) is 8.54. The van der Waals surface area contributed by atoms with Crippen LogP contribution in [0.1, 0.15) is 30.6 Å². The lowest BCUT2D eigenvalue weighted by atomic mass is 10.2. The van der Waals surface area contributed by atoms with E-state index < -0.39 is 15.0 Å². The number of hydrogen-bond acceptors (Lipinski definition) is 3. The number of carbonyl (C=O) groups excluding carboxylic acids is 1. The van der Waals surface area contributed by atoms with Gasteiger partial charge in [-0.1, -0.05) is 24.6 Å². The molecule has 1 rings (SSSR count). The van der Waals surface area contributed by atoms with Gasteiger partial charge in [-0.25, -0.2) is 8.42 Å². The second-order valence-electron chi connectivity index (χ2n) is 3.94. The Morgan fingerprint density at radius 2 is 1.95 bits per heavy atom. The Kier molecular flexibility index (Phi) is 5.64. The second-order valence-corrected chi connectivity index (χ2v) is 6.88. The molecule has 0 unspecified atom stereocenters. The molecular formula is C12H15Cl2NO3S. The molecule has 0 aliphatic heterocycles. The first kappa shape index (κ1) is 16.3. The fourth-order valence-electron chi connectivity index (χ4n) is 1.75. The van der Waals surface area contributed by atoms with Crippen molar-refractivity contribution in [1.29, 1.82) is 0 Å². The van der Waals surface area contributed by atoms with Gasteiger partial charge in [-0.3, -0.25) is 4.79 Å². The lowest BCUT2D eigenvalue weighted by Gasteiger charge is -2.21. The maximum Gasteiger partial charge on any atom is 0.262 e. The van der Waals surface area contributed by atoms with Crippen LogP contribution < -0.4 is 0 Å². The molecule has 0 N–H and O–H groups in total. The Morgan fingerprint density at radius 1 is 1.32 bits per heavy atom. The minimum absolute atomic E-state index is 0.0607.